The smallest absolute Gasteiger partial charge is 0.252 e. The molecule has 0 atom stereocenters. The van der Waals surface area contributed by atoms with Gasteiger partial charge in [-0.25, -0.2) is 0 Å². The van der Waals surface area contributed by atoms with Gasteiger partial charge in [-0.15, -0.1) is 0 Å². The number of anilines is 6. The summed E-state index contributed by atoms with van der Waals surface area (Å²) in [4.78, 5) is 3.16. The molecule has 420 valence electrons. The van der Waals surface area contributed by atoms with E-state index in [2.05, 4.69) is 0 Å². The molecule has 0 amide bonds. The van der Waals surface area contributed by atoms with E-state index >= 15 is 0 Å². The van der Waals surface area contributed by atoms with Gasteiger partial charge in [0.05, 0.1) is 69.1 Å². The van der Waals surface area contributed by atoms with Crippen LogP contribution < -0.4 is 26.2 Å². The SMILES string of the molecule is [2H]c1c([2H])c([2H])c(-c2c([2H])c([2H])c([2H])c(-c3c([2H])c([2H])c([2H])c([2H])c3[2H])c2N2c3cc(-n4c5ccccc5c5ccccc54)ccc3B3c4ccc(-n5c6ccccc6c6ccccc65)cc4N(c4c(-c5c([2H])c([2H])c([2H])c([2H])c5[2H])c([2H])c([2H])c([2H])c4-c4c([2H])c([2H])c([2H])c([2H])c4[2H])c4cc(C5CCCCC5)cc2c43)c([2H])c1[2H]. The molecule has 4 nitrogen and oxygen atoms in total. The molecule has 0 saturated heterocycles. The van der Waals surface area contributed by atoms with E-state index in [1.807, 2.05) is 155 Å². The van der Waals surface area contributed by atoms with Gasteiger partial charge in [0.25, 0.3) is 6.71 Å². The lowest BCUT2D eigenvalue weighted by molar-refractivity contribution is 0.444. The molecule has 0 radical (unpaired) electrons. The van der Waals surface area contributed by atoms with Crippen molar-refractivity contribution < 1.29 is 35.6 Å². The normalized spacial score (nSPS) is 17.8. The van der Waals surface area contributed by atoms with Crippen LogP contribution in [0.2, 0.25) is 0 Å². The molecular formula is C84H61BN4. The fourth-order valence-corrected chi connectivity index (χ4v) is 14.3. The molecule has 1 aliphatic carbocycles. The van der Waals surface area contributed by atoms with E-state index in [4.69, 9.17) is 5.48 Å². The highest BCUT2D eigenvalue weighted by molar-refractivity contribution is 7.00. The van der Waals surface area contributed by atoms with Gasteiger partial charge < -0.3 is 18.9 Å². The summed E-state index contributed by atoms with van der Waals surface area (Å²) in [5.41, 5.74) is -0.214. The van der Waals surface area contributed by atoms with Gasteiger partial charge in [-0.3, -0.25) is 0 Å². The minimum atomic E-state index is -1.13. The molecule has 0 bridgehead atoms. The zero-order valence-corrected chi connectivity index (χ0v) is 47.3. The Labute approximate surface area is 556 Å². The van der Waals surface area contributed by atoms with E-state index in [1.165, 1.54) is 0 Å². The zero-order valence-electron chi connectivity index (χ0n) is 73.3. The maximum atomic E-state index is 10.4. The van der Waals surface area contributed by atoms with E-state index in [0.29, 0.717) is 53.5 Å². The van der Waals surface area contributed by atoms with Crippen molar-refractivity contribution in [2.45, 2.75) is 38.0 Å². The second kappa shape index (κ2) is 20.9. The van der Waals surface area contributed by atoms with E-state index in [0.717, 1.165) is 50.0 Å². The van der Waals surface area contributed by atoms with Gasteiger partial charge in [-0.2, -0.15) is 0 Å². The van der Waals surface area contributed by atoms with Crippen LogP contribution in [0.25, 0.3) is 99.5 Å². The number of para-hydroxylation sites is 6. The Bertz CT molecular complexity index is 6100. The summed E-state index contributed by atoms with van der Waals surface area (Å²) in [7, 11) is 0. The first-order valence-corrected chi connectivity index (χ1v) is 29.6. The maximum Gasteiger partial charge on any atom is 0.252 e. The van der Waals surface area contributed by atoms with Crippen LogP contribution in [0, 0.1) is 0 Å². The highest BCUT2D eigenvalue weighted by Gasteiger charge is 2.46. The Morgan fingerprint density at radius 3 is 1.01 bits per heavy atom. The van der Waals surface area contributed by atoms with Crippen LogP contribution in [-0.2, 0) is 0 Å². The molecule has 2 aromatic heterocycles. The number of aromatic nitrogens is 2. The van der Waals surface area contributed by atoms with Crippen molar-refractivity contribution in [2.24, 2.45) is 0 Å². The van der Waals surface area contributed by atoms with Crippen molar-refractivity contribution in [2.75, 3.05) is 9.80 Å². The van der Waals surface area contributed by atoms with E-state index < -0.39 is 226 Å². The molecule has 89 heavy (non-hydrogen) atoms. The third kappa shape index (κ3) is 8.15. The van der Waals surface area contributed by atoms with Gasteiger partial charge in [-0.1, -0.05) is 261 Å². The van der Waals surface area contributed by atoms with E-state index in [1.54, 1.807) is 9.80 Å². The van der Waals surface area contributed by atoms with Crippen LogP contribution in [0.15, 0.2) is 303 Å². The molecule has 0 unspecified atom stereocenters. The van der Waals surface area contributed by atoms with E-state index in [-0.39, 0.29) is 28.2 Å². The fourth-order valence-electron chi connectivity index (χ4n) is 14.3. The first-order valence-electron chi connectivity index (χ1n) is 42.6. The summed E-state index contributed by atoms with van der Waals surface area (Å²) >= 11 is 0. The van der Waals surface area contributed by atoms with Gasteiger partial charge in [0.2, 0.25) is 0 Å². The summed E-state index contributed by atoms with van der Waals surface area (Å²) in [6, 6.07) is 22.8. The lowest BCUT2D eigenvalue weighted by atomic mass is 9.33. The van der Waals surface area contributed by atoms with Crippen LogP contribution in [-0.4, -0.2) is 15.8 Å². The molecule has 5 heteroatoms. The van der Waals surface area contributed by atoms with E-state index in [9.17, 15) is 30.2 Å². The minimum absolute atomic E-state index is 0.0823. The van der Waals surface area contributed by atoms with Crippen molar-refractivity contribution in [3.05, 3.63) is 308 Å². The highest BCUT2D eigenvalue weighted by Crippen LogP contribution is 2.54. The van der Waals surface area contributed by atoms with Crippen molar-refractivity contribution in [3.8, 4) is 55.9 Å². The van der Waals surface area contributed by atoms with Crippen LogP contribution in [0.4, 0.5) is 34.1 Å². The predicted molar refractivity (Wildman–Crippen MR) is 377 cm³/mol. The molecule has 15 aromatic rings. The number of hydrogen-bond donors (Lipinski definition) is 0. The Balaban J connectivity index is 1.11. The van der Waals surface area contributed by atoms with Crippen molar-refractivity contribution in [3.63, 3.8) is 0 Å². The predicted octanol–water partition coefficient (Wildman–Crippen LogP) is 20.7. The van der Waals surface area contributed by atoms with Crippen LogP contribution in [0.1, 0.15) is 79.2 Å². The van der Waals surface area contributed by atoms with Crippen molar-refractivity contribution in [1.29, 1.82) is 0 Å². The van der Waals surface area contributed by atoms with Crippen LogP contribution in [0.5, 0.6) is 0 Å². The van der Waals surface area contributed by atoms with Gasteiger partial charge in [-0.05, 0) is 124 Å². The van der Waals surface area contributed by atoms with Gasteiger partial charge in [0.1, 0.15) is 0 Å². The topological polar surface area (TPSA) is 16.3 Å². The molecule has 3 aliphatic rings. The second-order valence-electron chi connectivity index (χ2n) is 22.6. The largest absolute Gasteiger partial charge is 0.310 e. The Morgan fingerprint density at radius 1 is 0.326 bits per heavy atom. The maximum absolute atomic E-state index is 10.4. The minimum Gasteiger partial charge on any atom is -0.310 e. The summed E-state index contributed by atoms with van der Waals surface area (Å²) in [6.45, 7) is -1.13. The third-order valence-corrected chi connectivity index (χ3v) is 18.0. The van der Waals surface area contributed by atoms with Gasteiger partial charge >= 0.3 is 0 Å². The highest BCUT2D eigenvalue weighted by atomic mass is 15.2. The average Bonchev–Trinajstić information content (AvgIpc) is 0.880. The van der Waals surface area contributed by atoms with Crippen LogP contribution in [0.3, 0.4) is 0 Å². The number of nitrogens with zero attached hydrogens (tertiary/aromatic N) is 4. The Hall–Kier alpha value is -10.9. The lowest BCUT2D eigenvalue weighted by Gasteiger charge is -2.46. The summed E-state index contributed by atoms with van der Waals surface area (Å²) in [5, 5.41) is 3.41. The van der Waals surface area contributed by atoms with Gasteiger partial charge in [0, 0.05) is 77.9 Å². The molecule has 1 fully saturated rings. The molecule has 4 heterocycles. The number of fused-ring (bicyclic) bond motifs is 10. The number of rotatable bonds is 9. The summed E-state index contributed by atoms with van der Waals surface area (Å²) in [5.74, 6) is -0.418. The molecule has 2 aliphatic heterocycles. The molecule has 1 saturated carbocycles. The monoisotopic (exact) mass is 1160 g/mol. The summed E-state index contributed by atoms with van der Waals surface area (Å²) < 4.78 is 255. The first-order chi connectivity index (χ1) is 55.0. The first kappa shape index (κ1) is 31.7. The van der Waals surface area contributed by atoms with Crippen molar-refractivity contribution >= 4 is 101 Å². The molecular weight excluding hydrogens is 1080 g/mol. The zero-order chi connectivity index (χ0) is 81.1. The Kier molecular flexibility index (Phi) is 7.45. The van der Waals surface area contributed by atoms with Crippen LogP contribution >= 0.6 is 0 Å². The fraction of sp³-hybridized carbons (Fsp3) is 0.0714. The average molecular weight is 1160 g/mol. The quantitative estimate of drug-likeness (QED) is 0.134. The van der Waals surface area contributed by atoms with Crippen molar-refractivity contribution in [1.82, 2.24) is 9.13 Å². The third-order valence-electron chi connectivity index (χ3n) is 18.0. The summed E-state index contributed by atoms with van der Waals surface area (Å²) in [6.07, 6.45) is 3.23. The number of hydrogen-bond acceptors (Lipinski definition) is 2. The number of benzene rings is 13. The second-order valence-corrected chi connectivity index (χ2v) is 22.6. The lowest BCUT2D eigenvalue weighted by Crippen LogP contribution is -2.61. The standard InChI is InChI=1S/C84H61BN4/c1-6-26-56(27-7-1)61-52-80-82-81(53-61)89(84-66(59-32-12-4-13-33-59)42-25-43-67(84)60-34-14-5-15-35-60)79-55-63(87-76-46-22-18-38-70(76)71-39-19-23-47-77(71)87)49-51-73(79)85(82)72-50-48-62(86-74-44-20-16-36-68(74)69-37-17-21-45-75(69)86)54-78(72)88(80)83-64(57-28-8-2-9-29-57)40-24-41-65(83)58-30-10-3-11-31-58/h2-5,8-25,28-56H,1,6-7,26-27H2/i2D,3D,4D,5D,8D,9D,10D,11D,12D,13D,14D,15D,24D,25D,28D,29D,30D,31D,32D,33D,34D,35D,40D,41D,42D,43D. The molecule has 0 spiro atoms. The molecule has 0 N–H and O–H groups in total. The Morgan fingerprint density at radius 2 is 0.663 bits per heavy atom. The molecule has 13 aromatic carbocycles. The molecule has 18 rings (SSSR count). The van der Waals surface area contributed by atoms with Gasteiger partial charge in [0.15, 0.2) is 0 Å².